The first-order valence-corrected chi connectivity index (χ1v) is 12.0. The Labute approximate surface area is 186 Å². The van der Waals surface area contributed by atoms with Crippen LogP contribution in [0.15, 0.2) is 11.6 Å². The monoisotopic (exact) mass is 436 g/mol. The molecule has 176 valence electrons. The summed E-state index contributed by atoms with van der Waals surface area (Å²) in [5.41, 5.74) is 0.140. The lowest BCUT2D eigenvalue weighted by Crippen LogP contribution is -2.52. The van der Waals surface area contributed by atoms with Gasteiger partial charge in [0.2, 0.25) is 5.91 Å². The molecule has 4 unspecified atom stereocenters. The van der Waals surface area contributed by atoms with Gasteiger partial charge in [0, 0.05) is 12.6 Å². The highest BCUT2D eigenvalue weighted by Crippen LogP contribution is 2.42. The first-order chi connectivity index (χ1) is 14.9. The minimum absolute atomic E-state index is 0.155. The molecule has 1 aliphatic heterocycles. The van der Waals surface area contributed by atoms with Crippen LogP contribution in [0.25, 0.3) is 0 Å². The second kappa shape index (κ2) is 11.0. The summed E-state index contributed by atoms with van der Waals surface area (Å²) in [6.07, 6.45) is 10.8. The Balaban J connectivity index is 1.51. The fourth-order valence-electron chi connectivity index (χ4n) is 5.22. The summed E-state index contributed by atoms with van der Waals surface area (Å²) in [6, 6.07) is -0.969. The molecule has 0 aromatic rings. The third-order valence-electron chi connectivity index (χ3n) is 7.16. The van der Waals surface area contributed by atoms with Gasteiger partial charge < -0.3 is 25.6 Å². The van der Waals surface area contributed by atoms with Gasteiger partial charge in [-0.05, 0) is 49.9 Å². The molecule has 0 spiro atoms. The number of amides is 1. The molecule has 0 aromatic carbocycles. The van der Waals surface area contributed by atoms with Crippen LogP contribution >= 0.6 is 0 Å². The van der Waals surface area contributed by atoms with Gasteiger partial charge in [0.15, 0.2) is 11.4 Å². The molecule has 1 amide bonds. The Morgan fingerprint density at radius 2 is 1.90 bits per heavy atom. The highest BCUT2D eigenvalue weighted by Gasteiger charge is 2.53. The maximum absolute atomic E-state index is 12.8. The third-order valence-corrected chi connectivity index (χ3v) is 7.16. The number of epoxide rings is 1. The van der Waals surface area contributed by atoms with Crippen LogP contribution in [0.3, 0.4) is 0 Å². The lowest BCUT2D eigenvalue weighted by molar-refractivity contribution is -0.128. The molecule has 0 radical (unpaired) electrons. The van der Waals surface area contributed by atoms with E-state index >= 15 is 0 Å². The van der Waals surface area contributed by atoms with E-state index in [1.54, 1.807) is 6.08 Å². The van der Waals surface area contributed by atoms with Gasteiger partial charge in [0.05, 0.1) is 31.9 Å². The fourth-order valence-corrected chi connectivity index (χ4v) is 5.22. The average molecular weight is 437 g/mol. The van der Waals surface area contributed by atoms with Gasteiger partial charge in [-0.1, -0.05) is 38.7 Å². The van der Waals surface area contributed by atoms with Crippen LogP contribution in [0.5, 0.6) is 0 Å². The number of allylic oxidation sites excluding steroid dienone is 1. The van der Waals surface area contributed by atoms with Crippen molar-refractivity contribution in [2.24, 2.45) is 17.8 Å². The van der Waals surface area contributed by atoms with Crippen molar-refractivity contribution >= 4 is 11.7 Å². The Kier molecular flexibility index (Phi) is 8.67. The van der Waals surface area contributed by atoms with E-state index in [4.69, 9.17) is 4.74 Å². The molecule has 2 aliphatic carbocycles. The smallest absolute Gasteiger partial charge is 0.244 e. The number of ketones is 1. The average Bonchev–Trinajstić information content (AvgIpc) is 3.56. The van der Waals surface area contributed by atoms with Crippen molar-refractivity contribution < 1.29 is 24.5 Å². The van der Waals surface area contributed by atoms with Crippen LogP contribution in [0.2, 0.25) is 0 Å². The molecular formula is C24H40N2O5. The number of fused-ring (bicyclic) bond motifs is 1. The minimum Gasteiger partial charge on any atom is -0.394 e. The number of Topliss-reactive ketones (excluding diaryl/α,β-unsaturated/α-hetero) is 1. The highest BCUT2D eigenvalue weighted by atomic mass is 16.6. The predicted molar refractivity (Wildman–Crippen MR) is 118 cm³/mol. The molecular weight excluding hydrogens is 396 g/mol. The Hall–Kier alpha value is -1.28. The van der Waals surface area contributed by atoms with E-state index < -0.39 is 17.7 Å². The van der Waals surface area contributed by atoms with Crippen LogP contribution in [-0.2, 0) is 14.3 Å². The first kappa shape index (κ1) is 24.4. The number of rotatable bonds is 11. The number of aliphatic hydroxyl groups excluding tert-OH is 2. The van der Waals surface area contributed by atoms with Crippen molar-refractivity contribution in [3.05, 3.63) is 11.6 Å². The first-order valence-electron chi connectivity index (χ1n) is 12.0. The summed E-state index contributed by atoms with van der Waals surface area (Å²) in [5.74, 6) is 1.50. The van der Waals surface area contributed by atoms with E-state index in [2.05, 4.69) is 10.6 Å². The molecule has 3 rings (SSSR count). The summed E-state index contributed by atoms with van der Waals surface area (Å²) >= 11 is 0. The summed E-state index contributed by atoms with van der Waals surface area (Å²) in [6.45, 7) is 4.04. The van der Waals surface area contributed by atoms with Gasteiger partial charge in [0.25, 0.3) is 0 Å². The van der Waals surface area contributed by atoms with Gasteiger partial charge >= 0.3 is 0 Å². The van der Waals surface area contributed by atoms with E-state index in [1.165, 1.54) is 37.7 Å². The SMILES string of the molecule is CC(C)CC(NC[C@H](CO)NC(=O)/C=C1\CCC2CCCCC2C1)C(=O)C1(CO)CO1. The van der Waals surface area contributed by atoms with Gasteiger partial charge in [0.1, 0.15) is 0 Å². The molecule has 0 bridgehead atoms. The molecule has 2 saturated carbocycles. The van der Waals surface area contributed by atoms with Crippen LogP contribution in [-0.4, -0.2) is 66.0 Å². The number of hydrogen-bond acceptors (Lipinski definition) is 6. The van der Waals surface area contributed by atoms with E-state index in [0.29, 0.717) is 6.42 Å². The van der Waals surface area contributed by atoms with Crippen molar-refractivity contribution in [1.82, 2.24) is 10.6 Å². The molecule has 1 saturated heterocycles. The summed E-state index contributed by atoms with van der Waals surface area (Å²) < 4.78 is 5.22. The van der Waals surface area contributed by atoms with Crippen LogP contribution in [0.1, 0.15) is 65.2 Å². The second-order valence-electron chi connectivity index (χ2n) is 10.1. The number of hydrogen-bond donors (Lipinski definition) is 4. The normalized spacial score (nSPS) is 31.2. The predicted octanol–water partition coefficient (Wildman–Crippen LogP) is 1.71. The van der Waals surface area contributed by atoms with Gasteiger partial charge in [-0.25, -0.2) is 0 Å². The van der Waals surface area contributed by atoms with E-state index in [0.717, 1.165) is 24.7 Å². The van der Waals surface area contributed by atoms with Gasteiger partial charge in [-0.2, -0.15) is 0 Å². The van der Waals surface area contributed by atoms with Crippen LogP contribution in [0, 0.1) is 17.8 Å². The van der Waals surface area contributed by atoms with E-state index in [-0.39, 0.29) is 44.0 Å². The van der Waals surface area contributed by atoms with Crippen LogP contribution in [0.4, 0.5) is 0 Å². The topological polar surface area (TPSA) is 111 Å². The van der Waals surface area contributed by atoms with Crippen molar-refractivity contribution in [1.29, 1.82) is 0 Å². The fraction of sp³-hybridized carbons (Fsp3) is 0.833. The van der Waals surface area contributed by atoms with E-state index in [1.807, 2.05) is 13.8 Å². The third kappa shape index (κ3) is 6.60. The molecule has 5 atom stereocenters. The molecule has 1 heterocycles. The molecule has 7 nitrogen and oxygen atoms in total. The summed E-state index contributed by atoms with van der Waals surface area (Å²) in [7, 11) is 0. The molecule has 3 fully saturated rings. The molecule has 4 N–H and O–H groups in total. The number of carbonyl (C=O) groups excluding carboxylic acids is 2. The second-order valence-corrected chi connectivity index (χ2v) is 10.1. The highest BCUT2D eigenvalue weighted by molar-refractivity contribution is 5.94. The molecule has 31 heavy (non-hydrogen) atoms. The zero-order valence-electron chi connectivity index (χ0n) is 19.1. The zero-order valence-corrected chi connectivity index (χ0v) is 19.1. The maximum Gasteiger partial charge on any atom is 0.244 e. The number of carbonyl (C=O) groups is 2. The lowest BCUT2D eigenvalue weighted by atomic mass is 9.69. The number of nitrogens with one attached hydrogen (secondary N) is 2. The van der Waals surface area contributed by atoms with Crippen molar-refractivity contribution in [2.75, 3.05) is 26.4 Å². The zero-order chi connectivity index (χ0) is 22.4. The number of aliphatic hydroxyl groups is 2. The summed E-state index contributed by atoms with van der Waals surface area (Å²) in [4.78, 5) is 25.4. The van der Waals surface area contributed by atoms with Crippen LogP contribution < -0.4 is 10.6 Å². The van der Waals surface area contributed by atoms with Gasteiger partial charge in [-0.15, -0.1) is 0 Å². The Morgan fingerprint density at radius 1 is 1.19 bits per heavy atom. The molecule has 3 aliphatic rings. The quantitative estimate of drug-likeness (QED) is 0.290. The number of ether oxygens (including phenoxy) is 1. The van der Waals surface area contributed by atoms with Gasteiger partial charge in [-0.3, -0.25) is 9.59 Å². The maximum atomic E-state index is 12.8. The Morgan fingerprint density at radius 3 is 2.52 bits per heavy atom. The van der Waals surface area contributed by atoms with E-state index in [9.17, 15) is 19.8 Å². The summed E-state index contributed by atoms with van der Waals surface area (Å²) in [5, 5.41) is 25.3. The standard InChI is InChI=1S/C24H40N2O5/c1-16(2)9-21(23(30)24(14-28)15-31-24)25-12-20(13-27)26-22(29)11-17-7-8-18-5-3-4-6-19(18)10-17/h11,16,18-21,25,27-28H,3-10,12-15H2,1-2H3,(H,26,29)/b17-11+/t18?,19?,20-,21?,24?/m1/s1. The largest absolute Gasteiger partial charge is 0.394 e. The van der Waals surface area contributed by atoms with Crippen molar-refractivity contribution in [3.63, 3.8) is 0 Å². The van der Waals surface area contributed by atoms with Crippen molar-refractivity contribution in [3.8, 4) is 0 Å². The molecule has 0 aromatic heterocycles. The van der Waals surface area contributed by atoms with Crippen molar-refractivity contribution in [2.45, 2.75) is 82.9 Å². The molecule has 7 heteroatoms. The minimum atomic E-state index is -1.08. The Bertz CT molecular complexity index is 658. The lowest BCUT2D eigenvalue weighted by Gasteiger charge is -2.36.